The molecule has 0 aliphatic rings. The maximum atomic E-state index is 9.85. The average molecular weight is 164 g/mol. The zero-order valence-electron chi connectivity index (χ0n) is 5.92. The van der Waals surface area contributed by atoms with E-state index in [9.17, 15) is 4.79 Å². The van der Waals surface area contributed by atoms with Crippen molar-refractivity contribution in [2.75, 3.05) is 6.61 Å². The largest absolute Gasteiger partial charge is 0.394 e. The molecule has 0 aromatic carbocycles. The molecule has 5 nitrogen and oxygen atoms in total. The zero-order chi connectivity index (χ0) is 8.85. The van der Waals surface area contributed by atoms with Crippen LogP contribution in [0.25, 0.3) is 0 Å². The lowest BCUT2D eigenvalue weighted by Gasteiger charge is -2.15. The molecule has 0 amide bonds. The van der Waals surface area contributed by atoms with Crippen molar-refractivity contribution in [2.24, 2.45) is 0 Å². The summed E-state index contributed by atoms with van der Waals surface area (Å²) in [4.78, 5) is 9.85. The first-order chi connectivity index (χ1) is 5.11. The molecular weight excluding hydrogens is 152 g/mol. The van der Waals surface area contributed by atoms with E-state index in [-0.39, 0.29) is 12.7 Å². The van der Waals surface area contributed by atoms with Gasteiger partial charge in [0.05, 0.1) is 12.7 Å². The molecule has 0 radical (unpaired) electrons. The average Bonchev–Trinajstić information content (AvgIpc) is 2.02. The summed E-state index contributed by atoms with van der Waals surface area (Å²) in [5.41, 5.74) is 0. The van der Waals surface area contributed by atoms with Crippen LogP contribution >= 0.6 is 0 Å². The summed E-state index contributed by atoms with van der Waals surface area (Å²) >= 11 is 0. The molecule has 0 aromatic heterocycles. The van der Waals surface area contributed by atoms with E-state index < -0.39 is 24.9 Å². The van der Waals surface area contributed by atoms with Crippen LogP contribution in [-0.4, -0.2) is 51.6 Å². The van der Waals surface area contributed by atoms with Gasteiger partial charge in [0.25, 0.3) is 0 Å². The molecule has 0 spiro atoms. The summed E-state index contributed by atoms with van der Waals surface area (Å²) in [6.45, 7) is -0.591. The Bertz CT molecular complexity index is 116. The van der Waals surface area contributed by atoms with Gasteiger partial charge in [0, 0.05) is 6.42 Å². The zero-order valence-corrected chi connectivity index (χ0v) is 5.92. The quantitative estimate of drug-likeness (QED) is 0.341. The van der Waals surface area contributed by atoms with E-state index in [1.165, 1.54) is 0 Å². The number of aldehydes is 1. The van der Waals surface area contributed by atoms with Gasteiger partial charge >= 0.3 is 0 Å². The molecule has 3 atom stereocenters. The number of aliphatic hydroxyl groups is 4. The Morgan fingerprint density at radius 1 is 1.18 bits per heavy atom. The summed E-state index contributed by atoms with van der Waals surface area (Å²) < 4.78 is 0. The molecule has 4 N–H and O–H groups in total. The van der Waals surface area contributed by atoms with Gasteiger partial charge in [0.2, 0.25) is 0 Å². The van der Waals surface area contributed by atoms with Crippen LogP contribution in [0.1, 0.15) is 6.42 Å². The predicted octanol–water partition coefficient (Wildman–Crippen LogP) is -2.35. The van der Waals surface area contributed by atoms with Crippen LogP contribution in [0.2, 0.25) is 0 Å². The van der Waals surface area contributed by atoms with Gasteiger partial charge in [-0.25, -0.2) is 0 Å². The second-order valence-corrected chi connectivity index (χ2v) is 2.26. The SMILES string of the molecule is O=C[C@@H](O)C[C@H](O)[C@H](O)CO. The maximum Gasteiger partial charge on any atom is 0.148 e. The molecular formula is C6H12O5. The lowest BCUT2D eigenvalue weighted by molar-refractivity contribution is -0.117. The van der Waals surface area contributed by atoms with Gasteiger partial charge in [-0.05, 0) is 0 Å². The van der Waals surface area contributed by atoms with Gasteiger partial charge in [-0.3, -0.25) is 0 Å². The molecule has 0 saturated carbocycles. The van der Waals surface area contributed by atoms with Crippen molar-refractivity contribution in [1.82, 2.24) is 0 Å². The fraction of sp³-hybridized carbons (Fsp3) is 0.833. The highest BCUT2D eigenvalue weighted by Gasteiger charge is 2.18. The van der Waals surface area contributed by atoms with E-state index in [1.54, 1.807) is 0 Å². The van der Waals surface area contributed by atoms with Crippen LogP contribution in [0, 0.1) is 0 Å². The third kappa shape index (κ3) is 4.05. The number of carbonyl (C=O) groups excluding carboxylic acids is 1. The Morgan fingerprint density at radius 3 is 2.09 bits per heavy atom. The third-order valence-corrected chi connectivity index (χ3v) is 1.27. The van der Waals surface area contributed by atoms with Crippen LogP contribution in [-0.2, 0) is 4.79 Å². The van der Waals surface area contributed by atoms with E-state index in [4.69, 9.17) is 20.4 Å². The molecule has 0 unspecified atom stereocenters. The van der Waals surface area contributed by atoms with E-state index in [1.807, 2.05) is 0 Å². The Labute approximate surface area is 63.9 Å². The molecule has 0 aliphatic heterocycles. The molecule has 0 fully saturated rings. The number of rotatable bonds is 5. The normalized spacial score (nSPS) is 18.9. The molecule has 0 aromatic rings. The molecule has 66 valence electrons. The minimum Gasteiger partial charge on any atom is -0.394 e. The molecule has 0 bridgehead atoms. The minimum atomic E-state index is -1.30. The first-order valence-corrected chi connectivity index (χ1v) is 3.22. The van der Waals surface area contributed by atoms with E-state index in [0.717, 1.165) is 0 Å². The van der Waals surface area contributed by atoms with Crippen LogP contribution in [0.3, 0.4) is 0 Å². The van der Waals surface area contributed by atoms with Gasteiger partial charge in [-0.15, -0.1) is 0 Å². The maximum absolute atomic E-state index is 9.85. The summed E-state index contributed by atoms with van der Waals surface area (Å²) in [6.07, 6.45) is -3.85. The highest BCUT2D eigenvalue weighted by Crippen LogP contribution is 2.00. The van der Waals surface area contributed by atoms with Crippen molar-refractivity contribution in [2.45, 2.75) is 24.7 Å². The highest BCUT2D eigenvalue weighted by atomic mass is 16.4. The van der Waals surface area contributed by atoms with Crippen molar-refractivity contribution in [3.8, 4) is 0 Å². The summed E-state index contributed by atoms with van der Waals surface area (Å²) in [5.74, 6) is 0. The van der Waals surface area contributed by atoms with Crippen LogP contribution < -0.4 is 0 Å². The van der Waals surface area contributed by atoms with Crippen LogP contribution in [0.5, 0.6) is 0 Å². The summed E-state index contributed by atoms with van der Waals surface area (Å²) in [6, 6.07) is 0. The number of hydrogen-bond donors (Lipinski definition) is 4. The van der Waals surface area contributed by atoms with Crippen LogP contribution in [0.4, 0.5) is 0 Å². The summed E-state index contributed by atoms with van der Waals surface area (Å²) in [5, 5.41) is 34.6. The van der Waals surface area contributed by atoms with Gasteiger partial charge in [-0.2, -0.15) is 0 Å². The molecule has 0 saturated heterocycles. The first-order valence-electron chi connectivity index (χ1n) is 3.22. The standard InChI is InChI=1S/C6H12O5/c7-2-4(9)1-5(10)6(11)3-8/h2,4-6,8-11H,1,3H2/t4-,5-,6+/m0/s1. The molecule has 0 rings (SSSR count). The van der Waals surface area contributed by atoms with Gasteiger partial charge in [0.1, 0.15) is 18.5 Å². The minimum absolute atomic E-state index is 0.257. The monoisotopic (exact) mass is 164 g/mol. The van der Waals surface area contributed by atoms with Gasteiger partial charge in [-0.1, -0.05) is 0 Å². The highest BCUT2D eigenvalue weighted by molar-refractivity contribution is 5.55. The summed E-state index contributed by atoms with van der Waals surface area (Å²) in [7, 11) is 0. The van der Waals surface area contributed by atoms with Gasteiger partial charge < -0.3 is 25.2 Å². The number of aliphatic hydroxyl groups excluding tert-OH is 4. The first kappa shape index (κ1) is 10.5. The van der Waals surface area contributed by atoms with E-state index >= 15 is 0 Å². The predicted molar refractivity (Wildman–Crippen MR) is 35.8 cm³/mol. The Balaban J connectivity index is 3.66. The Morgan fingerprint density at radius 2 is 1.73 bits per heavy atom. The van der Waals surface area contributed by atoms with Crippen molar-refractivity contribution in [1.29, 1.82) is 0 Å². The Kier molecular flexibility index (Phi) is 4.97. The second kappa shape index (κ2) is 5.20. The fourth-order valence-electron chi connectivity index (χ4n) is 0.582. The van der Waals surface area contributed by atoms with E-state index in [2.05, 4.69) is 0 Å². The van der Waals surface area contributed by atoms with Crippen molar-refractivity contribution >= 4 is 6.29 Å². The molecule has 0 aliphatic carbocycles. The third-order valence-electron chi connectivity index (χ3n) is 1.27. The van der Waals surface area contributed by atoms with E-state index in [0.29, 0.717) is 0 Å². The van der Waals surface area contributed by atoms with Gasteiger partial charge in [0.15, 0.2) is 0 Å². The molecule has 11 heavy (non-hydrogen) atoms. The second-order valence-electron chi connectivity index (χ2n) is 2.26. The topological polar surface area (TPSA) is 98.0 Å². The number of hydrogen-bond acceptors (Lipinski definition) is 5. The van der Waals surface area contributed by atoms with Crippen molar-refractivity contribution in [3.05, 3.63) is 0 Å². The van der Waals surface area contributed by atoms with Crippen molar-refractivity contribution < 1.29 is 25.2 Å². The Hall–Kier alpha value is -0.490. The lowest BCUT2D eigenvalue weighted by atomic mass is 10.1. The number of carbonyl (C=O) groups is 1. The smallest absolute Gasteiger partial charge is 0.148 e. The van der Waals surface area contributed by atoms with Crippen molar-refractivity contribution in [3.63, 3.8) is 0 Å². The van der Waals surface area contributed by atoms with Crippen LogP contribution in [0.15, 0.2) is 0 Å². The molecule has 0 heterocycles. The molecule has 5 heteroatoms. The fourth-order valence-corrected chi connectivity index (χ4v) is 0.582. The lowest BCUT2D eigenvalue weighted by Crippen LogP contribution is -2.33.